The summed E-state index contributed by atoms with van der Waals surface area (Å²) in [6.07, 6.45) is 4.39. The number of fused-ring (bicyclic) bond motifs is 2. The average Bonchev–Trinajstić information content (AvgIpc) is 4.17. The number of H-pyrrole nitrogens is 1. The Morgan fingerprint density at radius 2 is 1.70 bits per heavy atom. The molecule has 10 rings (SSSR count). The topological polar surface area (TPSA) is 172 Å². The van der Waals surface area contributed by atoms with Gasteiger partial charge in [-0.2, -0.15) is 4.98 Å². The predicted molar refractivity (Wildman–Crippen MR) is 231 cm³/mol. The van der Waals surface area contributed by atoms with Crippen LogP contribution in [0.25, 0.3) is 16.6 Å². The Balaban J connectivity index is 1.02. The minimum absolute atomic E-state index is 0.00580. The lowest BCUT2D eigenvalue weighted by molar-refractivity contribution is 0.0656. The van der Waals surface area contributed by atoms with Gasteiger partial charge in [0.05, 0.1) is 34.2 Å². The van der Waals surface area contributed by atoms with Crippen molar-refractivity contribution < 1.29 is 31.6 Å². The largest absolute Gasteiger partial charge is 0.464 e. The van der Waals surface area contributed by atoms with Crippen LogP contribution in [0.15, 0.2) is 79.7 Å². The lowest BCUT2D eigenvalue weighted by Crippen LogP contribution is -2.44. The Morgan fingerprint density at radius 1 is 0.984 bits per heavy atom. The van der Waals surface area contributed by atoms with Crippen LogP contribution < -0.4 is 16.1 Å². The van der Waals surface area contributed by atoms with Crippen molar-refractivity contribution in [2.75, 3.05) is 26.4 Å². The second kappa shape index (κ2) is 15.4. The number of amides is 1. The highest BCUT2D eigenvalue weighted by Gasteiger charge is 2.59. The molecule has 3 aromatic carbocycles. The van der Waals surface area contributed by atoms with Gasteiger partial charge in [0.1, 0.15) is 17.1 Å². The summed E-state index contributed by atoms with van der Waals surface area (Å²) in [4.78, 5) is 52.0. The molecule has 2 aliphatic heterocycles. The lowest BCUT2D eigenvalue weighted by Gasteiger charge is -2.35. The van der Waals surface area contributed by atoms with Crippen molar-refractivity contribution >= 4 is 26.6 Å². The van der Waals surface area contributed by atoms with E-state index in [2.05, 4.69) is 29.2 Å². The Morgan fingerprint density at radius 3 is 2.35 bits per heavy atom. The molecule has 1 amide bonds. The van der Waals surface area contributed by atoms with Crippen molar-refractivity contribution in [1.82, 2.24) is 29.2 Å². The summed E-state index contributed by atoms with van der Waals surface area (Å²) in [5, 5.41) is 4.71. The maximum Gasteiger partial charge on any atom is 0.438 e. The van der Waals surface area contributed by atoms with Crippen molar-refractivity contribution in [3.63, 3.8) is 0 Å². The fourth-order valence-corrected chi connectivity index (χ4v) is 11.5. The first kappa shape index (κ1) is 41.2. The highest BCUT2D eigenvalue weighted by Crippen LogP contribution is 2.56. The first-order chi connectivity index (χ1) is 30.3. The number of benzene rings is 3. The Hall–Kier alpha value is -5.87. The van der Waals surface area contributed by atoms with Gasteiger partial charge >= 0.3 is 11.8 Å². The van der Waals surface area contributed by atoms with Crippen LogP contribution >= 0.6 is 0 Å². The third kappa shape index (κ3) is 7.01. The van der Waals surface area contributed by atoms with Gasteiger partial charge in [0.2, 0.25) is 0 Å². The monoisotopic (exact) mass is 876 g/mol. The molecule has 3 aromatic heterocycles. The number of hydrogen-bond donors (Lipinski definition) is 1. The lowest BCUT2D eigenvalue weighted by atomic mass is 9.91. The van der Waals surface area contributed by atoms with Gasteiger partial charge < -0.3 is 18.9 Å². The molecular formula is C47H49FN6O8S. The molecule has 0 bridgehead atoms. The van der Waals surface area contributed by atoms with Gasteiger partial charge in [0.15, 0.2) is 15.7 Å². The van der Waals surface area contributed by atoms with E-state index in [1.807, 2.05) is 23.6 Å². The number of rotatable bonds is 11. The van der Waals surface area contributed by atoms with Crippen LogP contribution in [0.3, 0.4) is 0 Å². The van der Waals surface area contributed by atoms with Crippen LogP contribution in [-0.4, -0.2) is 75.1 Å². The van der Waals surface area contributed by atoms with E-state index in [0.29, 0.717) is 89.3 Å². The zero-order chi connectivity index (χ0) is 43.9. The van der Waals surface area contributed by atoms with Crippen LogP contribution in [0.1, 0.15) is 108 Å². The van der Waals surface area contributed by atoms with Gasteiger partial charge in [-0.3, -0.25) is 19.1 Å². The molecule has 1 saturated heterocycles. The molecule has 1 N–H and O–H groups in total. The van der Waals surface area contributed by atoms with Crippen LogP contribution in [0.2, 0.25) is 0 Å². The number of nitrogens with zero attached hydrogens (tertiary/aromatic N) is 5. The van der Waals surface area contributed by atoms with E-state index in [-0.39, 0.29) is 54.0 Å². The molecule has 0 radical (unpaired) electrons. The fraction of sp³-hybridized carbons (Fsp3) is 0.426. The van der Waals surface area contributed by atoms with Crippen molar-refractivity contribution in [3.05, 3.63) is 132 Å². The van der Waals surface area contributed by atoms with E-state index in [0.717, 1.165) is 29.3 Å². The number of nitrogens with one attached hydrogen (secondary N) is 1. The number of aromatic amines is 1. The van der Waals surface area contributed by atoms with Crippen molar-refractivity contribution in [1.29, 1.82) is 0 Å². The molecule has 14 nitrogen and oxygen atoms in total. The molecule has 5 heterocycles. The standard InChI is InChI=1S/C47H49FN6O8S/c1-26-21-34(22-27(2)40(26)48)53-42(55)37-13-17-52(29(4)41(37)49-45(53)61-20-14-30-5-8-35(9-6-30)63(58,59)36-10-11-36)43(56)39-24-33-23-32(31-15-18-60-19-16-31)7-12-38(33)54(39)47(25-28(47)3)44-50-46(57)62-51-44/h5-9,12,21-24,28-29,31,36H,10-11,13-20,25H2,1-4H3,(H,50,51,57)/t28-,29-,47+/m0/s1. The molecule has 16 heteroatoms. The number of hydrogen-bond acceptors (Lipinski definition) is 10. The summed E-state index contributed by atoms with van der Waals surface area (Å²) in [6.45, 7) is 8.88. The second-order valence-corrected chi connectivity index (χ2v) is 20.0. The van der Waals surface area contributed by atoms with E-state index in [1.165, 1.54) is 10.1 Å². The number of aromatic nitrogens is 5. The molecular weight excluding hydrogens is 828 g/mol. The first-order valence-electron chi connectivity index (χ1n) is 21.8. The maximum atomic E-state index is 15.2. The summed E-state index contributed by atoms with van der Waals surface area (Å²) >= 11 is 0. The molecule has 328 valence electrons. The first-order valence-corrected chi connectivity index (χ1v) is 23.3. The minimum atomic E-state index is -3.33. The van der Waals surface area contributed by atoms with E-state index >= 15 is 4.79 Å². The maximum absolute atomic E-state index is 15.2. The molecule has 0 unspecified atom stereocenters. The van der Waals surface area contributed by atoms with E-state index in [4.69, 9.17) is 19.0 Å². The van der Waals surface area contributed by atoms with Crippen LogP contribution in [0.4, 0.5) is 4.39 Å². The summed E-state index contributed by atoms with van der Waals surface area (Å²) < 4.78 is 60.8. The number of aryl methyl sites for hydroxylation is 2. The predicted octanol–water partition coefficient (Wildman–Crippen LogP) is 6.61. The third-order valence-electron chi connectivity index (χ3n) is 13.7. The molecule has 3 atom stereocenters. The van der Waals surface area contributed by atoms with Crippen molar-refractivity contribution in [2.45, 2.75) is 100 Å². The van der Waals surface area contributed by atoms with Crippen LogP contribution in [0.5, 0.6) is 6.01 Å². The van der Waals surface area contributed by atoms with Gasteiger partial charge in [-0.05, 0) is 136 Å². The van der Waals surface area contributed by atoms with E-state index < -0.39 is 27.2 Å². The van der Waals surface area contributed by atoms with Gasteiger partial charge in [-0.1, -0.05) is 30.3 Å². The van der Waals surface area contributed by atoms with Gasteiger partial charge in [0.25, 0.3) is 11.5 Å². The highest BCUT2D eigenvalue weighted by atomic mass is 32.2. The number of halogens is 1. The zero-order valence-electron chi connectivity index (χ0n) is 35.6. The van der Waals surface area contributed by atoms with Gasteiger partial charge in [-0.15, -0.1) is 0 Å². The number of sulfone groups is 1. The number of carbonyl (C=O) groups excluding carboxylic acids is 1. The molecule has 4 aliphatic rings. The average molecular weight is 877 g/mol. The van der Waals surface area contributed by atoms with Crippen LogP contribution in [-0.2, 0) is 33.0 Å². The van der Waals surface area contributed by atoms with Crippen molar-refractivity contribution in [3.8, 4) is 11.7 Å². The third-order valence-corrected chi connectivity index (χ3v) is 16.0. The Kier molecular flexibility index (Phi) is 10.1. The van der Waals surface area contributed by atoms with Gasteiger partial charge in [-0.25, -0.2) is 22.2 Å². The summed E-state index contributed by atoms with van der Waals surface area (Å²) in [6, 6.07) is 17.5. The normalized spacial score (nSPS) is 21.4. The Labute approximate surface area is 362 Å². The van der Waals surface area contributed by atoms with E-state index in [1.54, 1.807) is 55.1 Å². The zero-order valence-corrected chi connectivity index (χ0v) is 36.5. The molecule has 2 saturated carbocycles. The minimum Gasteiger partial charge on any atom is -0.464 e. The van der Waals surface area contributed by atoms with Crippen molar-refractivity contribution in [2.24, 2.45) is 5.92 Å². The summed E-state index contributed by atoms with van der Waals surface area (Å²) in [5.74, 6) is -0.616. The van der Waals surface area contributed by atoms with Crippen LogP contribution in [0, 0.1) is 25.6 Å². The van der Waals surface area contributed by atoms with Gasteiger partial charge in [0, 0.05) is 42.6 Å². The Bertz CT molecular complexity index is 3010. The molecule has 3 fully saturated rings. The molecule has 2 aliphatic carbocycles. The second-order valence-electron chi connectivity index (χ2n) is 17.7. The summed E-state index contributed by atoms with van der Waals surface area (Å²) in [5.41, 5.74) is 4.00. The molecule has 6 aromatic rings. The number of ether oxygens (including phenoxy) is 2. The number of carbonyl (C=O) groups is 1. The SMILES string of the molecule is Cc1cc(-n2c(OCCc3ccc(S(=O)(=O)C4CC4)cc3)nc3c(c2=O)CCN(C(=O)c2cc4cc(C5CCOCC5)ccc4n2[C@]2(c4noc(=O)[nH]4)C[C@@H]2C)[C@H]3C)cc(C)c1F. The highest BCUT2D eigenvalue weighted by molar-refractivity contribution is 7.92. The smallest absolute Gasteiger partial charge is 0.438 e. The quantitative estimate of drug-likeness (QED) is 0.149. The van der Waals surface area contributed by atoms with E-state index in [9.17, 15) is 22.4 Å². The molecule has 63 heavy (non-hydrogen) atoms. The summed E-state index contributed by atoms with van der Waals surface area (Å²) in [7, 11) is -3.33. The fourth-order valence-electron chi connectivity index (χ4n) is 9.86. The molecule has 0 spiro atoms.